The fraction of sp³-hybridized carbons (Fsp3) is 0.0196. The van der Waals surface area contributed by atoms with Crippen molar-refractivity contribution in [3.63, 3.8) is 0 Å². The van der Waals surface area contributed by atoms with Crippen molar-refractivity contribution in [3.8, 4) is 44.5 Å². The topological polar surface area (TPSA) is 13.1 Å². The summed E-state index contributed by atoms with van der Waals surface area (Å²) in [6, 6.07) is 67.4. The van der Waals surface area contributed by atoms with Crippen LogP contribution in [0.2, 0.25) is 0 Å². The minimum absolute atomic E-state index is 0.482. The lowest BCUT2D eigenvalue weighted by Gasteiger charge is -2.31. The van der Waals surface area contributed by atoms with E-state index in [1.807, 2.05) is 0 Å². The molecule has 0 atom stereocenters. The van der Waals surface area contributed by atoms with Crippen molar-refractivity contribution in [2.45, 2.75) is 5.41 Å². The second-order valence-corrected chi connectivity index (χ2v) is 14.3. The monoisotopic (exact) mass is 658 g/mol. The summed E-state index contributed by atoms with van der Waals surface area (Å²) in [5.41, 5.74) is 16.9. The van der Waals surface area contributed by atoms with Gasteiger partial charge in [0.2, 0.25) is 0 Å². The number of fused-ring (bicyclic) bond motifs is 15. The maximum Gasteiger partial charge on any atom is 0.136 e. The number of benzene rings is 9. The molecule has 0 saturated heterocycles. The van der Waals surface area contributed by atoms with Crippen LogP contribution in [0.1, 0.15) is 22.3 Å². The molecule has 240 valence electrons. The molecule has 0 amide bonds. The smallest absolute Gasteiger partial charge is 0.136 e. The Morgan fingerprint density at radius 1 is 0.327 bits per heavy atom. The van der Waals surface area contributed by atoms with Gasteiger partial charge >= 0.3 is 0 Å². The molecule has 2 aliphatic rings. The van der Waals surface area contributed by atoms with Gasteiger partial charge in [-0.1, -0.05) is 152 Å². The average Bonchev–Trinajstić information content (AvgIpc) is 3.82. The number of hydrogen-bond donors (Lipinski definition) is 0. The highest BCUT2D eigenvalue weighted by molar-refractivity contribution is 6.16. The molecule has 12 rings (SSSR count). The molecule has 1 heterocycles. The lowest BCUT2D eigenvalue weighted by Crippen LogP contribution is -2.26. The van der Waals surface area contributed by atoms with Gasteiger partial charge in [0.25, 0.3) is 0 Å². The first-order valence-corrected chi connectivity index (χ1v) is 18.1. The van der Waals surface area contributed by atoms with E-state index in [0.29, 0.717) is 0 Å². The predicted octanol–water partition coefficient (Wildman–Crippen LogP) is 13.6. The van der Waals surface area contributed by atoms with Crippen LogP contribution in [-0.4, -0.2) is 0 Å². The van der Waals surface area contributed by atoms with E-state index in [4.69, 9.17) is 4.42 Å². The molecule has 1 spiro atoms. The molecule has 0 aliphatic heterocycles. The van der Waals surface area contributed by atoms with Gasteiger partial charge in [0, 0.05) is 10.8 Å². The van der Waals surface area contributed by atoms with Gasteiger partial charge in [0.15, 0.2) is 0 Å². The molecular formula is C51H30O. The second kappa shape index (κ2) is 10.2. The van der Waals surface area contributed by atoms with Crippen LogP contribution >= 0.6 is 0 Å². The molecule has 9 aromatic carbocycles. The third kappa shape index (κ3) is 3.52. The molecule has 0 N–H and O–H groups in total. The molecule has 0 bridgehead atoms. The van der Waals surface area contributed by atoms with Crippen molar-refractivity contribution in [2.75, 3.05) is 0 Å². The van der Waals surface area contributed by atoms with Crippen molar-refractivity contribution < 1.29 is 4.42 Å². The number of hydrogen-bond acceptors (Lipinski definition) is 1. The van der Waals surface area contributed by atoms with E-state index in [9.17, 15) is 0 Å². The second-order valence-electron chi connectivity index (χ2n) is 14.3. The minimum atomic E-state index is -0.482. The summed E-state index contributed by atoms with van der Waals surface area (Å²) in [6.07, 6.45) is 0. The van der Waals surface area contributed by atoms with E-state index in [2.05, 4.69) is 182 Å². The predicted molar refractivity (Wildman–Crippen MR) is 216 cm³/mol. The Bertz CT molecular complexity index is 3080. The zero-order chi connectivity index (χ0) is 34.0. The highest BCUT2D eigenvalue weighted by Crippen LogP contribution is 2.65. The van der Waals surface area contributed by atoms with Crippen molar-refractivity contribution >= 4 is 43.5 Å². The fourth-order valence-electron chi connectivity index (χ4n) is 9.78. The highest BCUT2D eigenvalue weighted by Gasteiger charge is 2.52. The SMILES string of the molecule is c1ccc(-c2c3c(cc4ccccc24)C2(c4ccccc4-c4ccccc42)c2cc(-c4cccc5oc6cc7ccccc7cc6c45)ccc2-3)cc1. The zero-order valence-electron chi connectivity index (χ0n) is 28.2. The molecular weight excluding hydrogens is 629 g/mol. The maximum absolute atomic E-state index is 6.56. The molecule has 0 radical (unpaired) electrons. The van der Waals surface area contributed by atoms with Gasteiger partial charge < -0.3 is 4.42 Å². The summed E-state index contributed by atoms with van der Waals surface area (Å²) in [5, 5.41) is 7.26. The van der Waals surface area contributed by atoms with Gasteiger partial charge in [0.1, 0.15) is 11.2 Å². The fourth-order valence-corrected chi connectivity index (χ4v) is 9.78. The standard InChI is InChI=1S/C51H30O/c1-2-13-31(14-3-1)48-36-18-7-6-17-34(36)29-45-50(48)40-26-25-35(28-44(40)51(45)42-22-10-8-19-38(42)39-20-9-11-23-43(39)51)37-21-12-24-46-49(37)41-27-32-15-4-5-16-33(32)30-47(41)52-46/h1-30H. The van der Waals surface area contributed by atoms with Gasteiger partial charge in [-0.2, -0.15) is 0 Å². The van der Waals surface area contributed by atoms with Gasteiger partial charge in [-0.3, -0.25) is 0 Å². The molecule has 1 heteroatoms. The van der Waals surface area contributed by atoms with E-state index in [-0.39, 0.29) is 0 Å². The summed E-state index contributed by atoms with van der Waals surface area (Å²) >= 11 is 0. The summed E-state index contributed by atoms with van der Waals surface area (Å²) in [6.45, 7) is 0. The minimum Gasteiger partial charge on any atom is -0.456 e. The molecule has 1 aromatic heterocycles. The Kier molecular flexibility index (Phi) is 5.49. The van der Waals surface area contributed by atoms with E-state index in [1.54, 1.807) is 0 Å². The van der Waals surface area contributed by atoms with Gasteiger partial charge in [-0.15, -0.1) is 0 Å². The first-order chi connectivity index (χ1) is 25.8. The van der Waals surface area contributed by atoms with E-state index >= 15 is 0 Å². The quantitative estimate of drug-likeness (QED) is 0.180. The number of furan rings is 1. The van der Waals surface area contributed by atoms with Crippen LogP contribution in [0.25, 0.3) is 88.0 Å². The lowest BCUT2D eigenvalue weighted by molar-refractivity contribution is 0.669. The van der Waals surface area contributed by atoms with E-state index < -0.39 is 5.41 Å². The zero-order valence-corrected chi connectivity index (χ0v) is 28.2. The Hall–Kier alpha value is -6.70. The van der Waals surface area contributed by atoms with Crippen LogP contribution in [0, 0.1) is 0 Å². The maximum atomic E-state index is 6.56. The molecule has 0 unspecified atom stereocenters. The average molecular weight is 659 g/mol. The molecule has 52 heavy (non-hydrogen) atoms. The van der Waals surface area contributed by atoms with Crippen molar-refractivity contribution in [3.05, 3.63) is 204 Å². The molecule has 0 fully saturated rings. The molecule has 10 aromatic rings. The Morgan fingerprint density at radius 3 is 1.77 bits per heavy atom. The van der Waals surface area contributed by atoms with Crippen LogP contribution in [-0.2, 0) is 5.41 Å². The van der Waals surface area contributed by atoms with Gasteiger partial charge in [0.05, 0.1) is 5.41 Å². The lowest BCUT2D eigenvalue weighted by atomic mass is 9.69. The van der Waals surface area contributed by atoms with Crippen LogP contribution < -0.4 is 0 Å². The van der Waals surface area contributed by atoms with Crippen LogP contribution in [0.4, 0.5) is 0 Å². The van der Waals surface area contributed by atoms with Crippen molar-refractivity contribution in [1.29, 1.82) is 0 Å². The Labute approximate surface area is 301 Å². The van der Waals surface area contributed by atoms with Gasteiger partial charge in [-0.25, -0.2) is 0 Å². The normalized spacial score (nSPS) is 13.5. The van der Waals surface area contributed by atoms with Crippen molar-refractivity contribution in [2.24, 2.45) is 0 Å². The first-order valence-electron chi connectivity index (χ1n) is 18.1. The molecule has 0 saturated carbocycles. The Morgan fingerprint density at radius 2 is 0.981 bits per heavy atom. The summed E-state index contributed by atoms with van der Waals surface area (Å²) in [5.74, 6) is 0. The first kappa shape index (κ1) is 28.0. The summed E-state index contributed by atoms with van der Waals surface area (Å²) < 4.78 is 6.56. The van der Waals surface area contributed by atoms with E-state index in [0.717, 1.165) is 21.9 Å². The third-order valence-corrected chi connectivity index (χ3v) is 11.8. The summed E-state index contributed by atoms with van der Waals surface area (Å²) in [4.78, 5) is 0. The van der Waals surface area contributed by atoms with Crippen molar-refractivity contribution in [1.82, 2.24) is 0 Å². The van der Waals surface area contributed by atoms with Gasteiger partial charge in [-0.05, 0) is 119 Å². The third-order valence-electron chi connectivity index (χ3n) is 11.8. The molecule has 1 nitrogen and oxygen atoms in total. The highest BCUT2D eigenvalue weighted by atomic mass is 16.3. The Balaban J connectivity index is 1.23. The largest absolute Gasteiger partial charge is 0.456 e. The van der Waals surface area contributed by atoms with Crippen LogP contribution in [0.15, 0.2) is 186 Å². The van der Waals surface area contributed by atoms with Crippen LogP contribution in [0.3, 0.4) is 0 Å². The number of rotatable bonds is 2. The van der Waals surface area contributed by atoms with Crippen LogP contribution in [0.5, 0.6) is 0 Å². The van der Waals surface area contributed by atoms with E-state index in [1.165, 1.54) is 88.3 Å². The summed E-state index contributed by atoms with van der Waals surface area (Å²) in [7, 11) is 0. The molecule has 2 aliphatic carbocycles.